The van der Waals surface area contributed by atoms with Gasteiger partial charge in [0.1, 0.15) is 6.04 Å². The molecule has 2 unspecified atom stereocenters. The number of esters is 2. The quantitative estimate of drug-likeness (QED) is 0.298. The van der Waals surface area contributed by atoms with Crippen LogP contribution in [0.5, 0.6) is 0 Å². The van der Waals surface area contributed by atoms with Crippen LogP contribution in [0.1, 0.15) is 33.1 Å². The standard InChI is InChI=1S/C20H29N3O7/c1-6-16(21-7-2)10-12-22(5)20(27)29-13-28-19(26)17-9-8-11-23(17)18(25)14(3)30-15(4)24/h6-7,14,17H,1-2,8-13H2,3-5H3. The summed E-state index contributed by atoms with van der Waals surface area (Å²) in [4.78, 5) is 54.4. The average Bonchev–Trinajstić information content (AvgIpc) is 3.19. The van der Waals surface area contributed by atoms with Crippen molar-refractivity contribution < 1.29 is 33.4 Å². The summed E-state index contributed by atoms with van der Waals surface area (Å²) in [5.74, 6) is -1.74. The van der Waals surface area contributed by atoms with Gasteiger partial charge in [-0.1, -0.05) is 13.2 Å². The molecular weight excluding hydrogens is 394 g/mol. The number of amides is 2. The normalized spacial score (nSPS) is 17.0. The minimum Gasteiger partial charge on any atom is -0.453 e. The number of allylic oxidation sites excluding steroid dienone is 1. The van der Waals surface area contributed by atoms with Gasteiger partial charge in [0.2, 0.25) is 6.79 Å². The Bertz CT molecular complexity index is 705. The van der Waals surface area contributed by atoms with E-state index in [0.29, 0.717) is 38.1 Å². The van der Waals surface area contributed by atoms with Crippen LogP contribution in [0.25, 0.3) is 0 Å². The van der Waals surface area contributed by atoms with E-state index >= 15 is 0 Å². The molecule has 2 amide bonds. The largest absolute Gasteiger partial charge is 0.453 e. The van der Waals surface area contributed by atoms with Crippen molar-refractivity contribution in [1.29, 1.82) is 0 Å². The average molecular weight is 423 g/mol. The topological polar surface area (TPSA) is 115 Å². The maximum absolute atomic E-state index is 12.4. The Morgan fingerprint density at radius 2 is 1.97 bits per heavy atom. The predicted molar refractivity (Wildman–Crippen MR) is 108 cm³/mol. The molecule has 0 aliphatic carbocycles. The second kappa shape index (κ2) is 12.4. The van der Waals surface area contributed by atoms with Crippen molar-refractivity contribution in [3.8, 4) is 0 Å². The van der Waals surface area contributed by atoms with Crippen LogP contribution in [0, 0.1) is 0 Å². The zero-order chi connectivity index (χ0) is 22.7. The highest BCUT2D eigenvalue weighted by atomic mass is 16.7. The number of hydrogen-bond acceptors (Lipinski definition) is 8. The fourth-order valence-electron chi connectivity index (χ4n) is 2.86. The predicted octanol–water partition coefficient (Wildman–Crippen LogP) is 1.66. The Morgan fingerprint density at radius 3 is 2.57 bits per heavy atom. The summed E-state index contributed by atoms with van der Waals surface area (Å²) >= 11 is 0. The Kier molecular flexibility index (Phi) is 10.3. The fourth-order valence-corrected chi connectivity index (χ4v) is 2.86. The van der Waals surface area contributed by atoms with Gasteiger partial charge in [0.15, 0.2) is 6.10 Å². The summed E-state index contributed by atoms with van der Waals surface area (Å²) < 4.78 is 14.8. The zero-order valence-electron chi connectivity index (χ0n) is 17.7. The van der Waals surface area contributed by atoms with Crippen LogP contribution < -0.4 is 0 Å². The van der Waals surface area contributed by atoms with Gasteiger partial charge in [0.05, 0.1) is 0 Å². The molecule has 30 heavy (non-hydrogen) atoms. The van der Waals surface area contributed by atoms with Gasteiger partial charge in [-0.25, -0.2) is 9.59 Å². The van der Waals surface area contributed by atoms with Crippen molar-refractivity contribution in [3.05, 3.63) is 25.4 Å². The number of carbonyl (C=O) groups excluding carboxylic acids is 4. The Morgan fingerprint density at radius 1 is 1.27 bits per heavy atom. The molecule has 0 aromatic carbocycles. The summed E-state index contributed by atoms with van der Waals surface area (Å²) in [6.07, 6.45) is 2.77. The molecule has 10 nitrogen and oxygen atoms in total. The first-order chi connectivity index (χ1) is 14.2. The molecule has 1 heterocycles. The highest BCUT2D eigenvalue weighted by Gasteiger charge is 2.38. The summed E-state index contributed by atoms with van der Waals surface area (Å²) in [5, 5.41) is 0. The lowest BCUT2D eigenvalue weighted by Gasteiger charge is -2.25. The number of rotatable bonds is 10. The minimum atomic E-state index is -0.993. The molecule has 1 rings (SSSR count). The summed E-state index contributed by atoms with van der Waals surface area (Å²) in [6.45, 7) is 9.88. The van der Waals surface area contributed by atoms with Crippen LogP contribution >= 0.6 is 0 Å². The molecule has 0 spiro atoms. The van der Waals surface area contributed by atoms with Crippen molar-refractivity contribution in [2.75, 3.05) is 26.9 Å². The molecule has 0 N–H and O–H groups in total. The Balaban J connectivity index is 2.47. The molecule has 10 heteroatoms. The lowest BCUT2D eigenvalue weighted by atomic mass is 10.2. The Labute approximate surface area is 176 Å². The first-order valence-electron chi connectivity index (χ1n) is 9.53. The molecular formula is C20H29N3O7. The smallest absolute Gasteiger partial charge is 0.412 e. The summed E-state index contributed by atoms with van der Waals surface area (Å²) in [7, 11) is 1.53. The molecule has 0 aromatic rings. The number of likely N-dealkylation sites (tertiary alicyclic amines) is 1. The number of nitrogens with zero attached hydrogens (tertiary/aromatic N) is 3. The monoisotopic (exact) mass is 423 g/mol. The van der Waals surface area contributed by atoms with Crippen molar-refractivity contribution in [1.82, 2.24) is 9.80 Å². The molecule has 0 radical (unpaired) electrons. The molecule has 0 bridgehead atoms. The Hall–Kier alpha value is -3.17. The van der Waals surface area contributed by atoms with Crippen LogP contribution in [0.2, 0.25) is 0 Å². The number of ether oxygens (including phenoxy) is 3. The van der Waals surface area contributed by atoms with E-state index in [-0.39, 0.29) is 0 Å². The van der Waals surface area contributed by atoms with Crippen LogP contribution in [0.15, 0.2) is 30.4 Å². The van der Waals surface area contributed by atoms with E-state index in [4.69, 9.17) is 14.2 Å². The number of carbonyl (C=O) groups is 4. The van der Waals surface area contributed by atoms with Crippen molar-refractivity contribution >= 4 is 29.7 Å². The third-order valence-corrected chi connectivity index (χ3v) is 4.39. The first-order valence-corrected chi connectivity index (χ1v) is 9.53. The van der Waals surface area contributed by atoms with Crippen LogP contribution in [-0.4, -0.2) is 78.5 Å². The van der Waals surface area contributed by atoms with Gasteiger partial charge >= 0.3 is 18.0 Å². The number of hydrogen-bond donors (Lipinski definition) is 0. The van der Waals surface area contributed by atoms with Crippen molar-refractivity contribution in [2.45, 2.75) is 45.3 Å². The highest BCUT2D eigenvalue weighted by Crippen LogP contribution is 2.20. The second-order valence-corrected chi connectivity index (χ2v) is 6.61. The van der Waals surface area contributed by atoms with Gasteiger partial charge in [-0.15, -0.1) is 0 Å². The molecule has 2 atom stereocenters. The highest BCUT2D eigenvalue weighted by molar-refractivity contribution is 5.95. The lowest BCUT2D eigenvalue weighted by Crippen LogP contribution is -2.46. The van der Waals surface area contributed by atoms with Crippen LogP contribution in [0.4, 0.5) is 4.79 Å². The van der Waals surface area contributed by atoms with E-state index in [1.807, 2.05) is 0 Å². The van der Waals surface area contributed by atoms with E-state index in [1.165, 1.54) is 36.9 Å². The molecule has 1 aliphatic heterocycles. The molecule has 0 aromatic heterocycles. The number of aliphatic imine (C=N–C) groups is 1. The van der Waals surface area contributed by atoms with Gasteiger partial charge in [-0.3, -0.25) is 14.6 Å². The van der Waals surface area contributed by atoms with Gasteiger partial charge in [-0.05, 0) is 25.8 Å². The van der Waals surface area contributed by atoms with Gasteiger partial charge in [0, 0.05) is 45.4 Å². The fraction of sp³-hybridized carbons (Fsp3) is 0.550. The van der Waals surface area contributed by atoms with Crippen LogP contribution in [-0.2, 0) is 28.6 Å². The third-order valence-electron chi connectivity index (χ3n) is 4.39. The summed E-state index contributed by atoms with van der Waals surface area (Å²) in [6, 6.07) is -0.808. The van der Waals surface area contributed by atoms with E-state index in [2.05, 4.69) is 18.2 Å². The molecule has 0 saturated carbocycles. The maximum Gasteiger partial charge on any atom is 0.412 e. The van der Waals surface area contributed by atoms with Gasteiger partial charge < -0.3 is 24.0 Å². The SMILES string of the molecule is C=CN=C(C=C)CCN(C)C(=O)OCOC(=O)C1CCCN1C(=O)C(C)OC(C)=O. The molecule has 1 saturated heterocycles. The van der Waals surface area contributed by atoms with Crippen molar-refractivity contribution in [3.63, 3.8) is 0 Å². The lowest BCUT2D eigenvalue weighted by molar-refractivity contribution is -0.165. The van der Waals surface area contributed by atoms with Crippen molar-refractivity contribution in [2.24, 2.45) is 4.99 Å². The van der Waals surface area contributed by atoms with Crippen LogP contribution in [0.3, 0.4) is 0 Å². The minimum absolute atomic E-state index is 0.324. The first kappa shape index (κ1) is 24.9. The van der Waals surface area contributed by atoms with E-state index in [0.717, 1.165) is 0 Å². The van der Waals surface area contributed by atoms with E-state index < -0.39 is 42.9 Å². The molecule has 1 aliphatic rings. The van der Waals surface area contributed by atoms with E-state index in [1.54, 1.807) is 6.08 Å². The van der Waals surface area contributed by atoms with E-state index in [9.17, 15) is 19.2 Å². The van der Waals surface area contributed by atoms with Gasteiger partial charge in [-0.2, -0.15) is 0 Å². The summed E-state index contributed by atoms with van der Waals surface area (Å²) in [5.41, 5.74) is 0.671. The zero-order valence-corrected chi connectivity index (χ0v) is 17.7. The van der Waals surface area contributed by atoms with Gasteiger partial charge in [0.25, 0.3) is 5.91 Å². The maximum atomic E-state index is 12.4. The second-order valence-electron chi connectivity index (χ2n) is 6.61. The third kappa shape index (κ3) is 7.69. The molecule has 166 valence electrons. The molecule has 1 fully saturated rings.